The predicted molar refractivity (Wildman–Crippen MR) is 113 cm³/mol. The van der Waals surface area contributed by atoms with Gasteiger partial charge in [-0.25, -0.2) is 4.68 Å². The van der Waals surface area contributed by atoms with Gasteiger partial charge in [0, 0.05) is 41.3 Å². The van der Waals surface area contributed by atoms with Crippen molar-refractivity contribution in [3.05, 3.63) is 81.1 Å². The summed E-state index contributed by atoms with van der Waals surface area (Å²) in [4.78, 5) is 26.6. The molecule has 28 heavy (non-hydrogen) atoms. The second-order valence-electron chi connectivity index (χ2n) is 6.81. The van der Waals surface area contributed by atoms with Crippen LogP contribution in [0.2, 0.25) is 0 Å². The Morgan fingerprint density at radius 1 is 1.04 bits per heavy atom. The van der Waals surface area contributed by atoms with Gasteiger partial charge >= 0.3 is 0 Å². The molecule has 0 spiro atoms. The zero-order valence-electron chi connectivity index (χ0n) is 15.3. The van der Waals surface area contributed by atoms with Crippen molar-refractivity contribution in [2.75, 3.05) is 11.4 Å². The van der Waals surface area contributed by atoms with Crippen molar-refractivity contribution in [1.29, 1.82) is 0 Å². The van der Waals surface area contributed by atoms with Crippen molar-refractivity contribution in [3.63, 3.8) is 0 Å². The van der Waals surface area contributed by atoms with Crippen molar-refractivity contribution in [2.45, 2.75) is 25.8 Å². The number of rotatable bonds is 5. The van der Waals surface area contributed by atoms with E-state index in [1.807, 2.05) is 47.4 Å². The molecular formula is C22H20BrN3O2. The maximum Gasteiger partial charge on any atom is 0.266 e. The number of carbonyl (C=O) groups is 1. The molecule has 6 heteroatoms. The first kappa shape index (κ1) is 18.6. The number of nitrogens with zero attached hydrogens (tertiary/aromatic N) is 3. The largest absolute Gasteiger partial charge is 0.312 e. The van der Waals surface area contributed by atoms with Gasteiger partial charge in [-0.2, -0.15) is 5.10 Å². The zero-order valence-corrected chi connectivity index (χ0v) is 16.9. The summed E-state index contributed by atoms with van der Waals surface area (Å²) in [6.07, 6.45) is 1.87. The molecule has 0 N–H and O–H groups in total. The summed E-state index contributed by atoms with van der Waals surface area (Å²) in [6.45, 7) is 1.15. The molecule has 0 radical (unpaired) electrons. The third-order valence-corrected chi connectivity index (χ3v) is 5.48. The molecule has 3 aromatic rings. The van der Waals surface area contributed by atoms with Gasteiger partial charge in [0.1, 0.15) is 0 Å². The Morgan fingerprint density at radius 2 is 1.82 bits per heavy atom. The lowest BCUT2D eigenvalue weighted by Crippen LogP contribution is -2.29. The van der Waals surface area contributed by atoms with E-state index in [2.05, 4.69) is 27.1 Å². The SMILES string of the molecule is O=C(CCCn1nc(-c2ccc(Br)cc2)ccc1=O)N1CCc2ccccc21. The van der Waals surface area contributed by atoms with E-state index in [0.29, 0.717) is 19.4 Å². The van der Waals surface area contributed by atoms with E-state index < -0.39 is 0 Å². The predicted octanol–water partition coefficient (Wildman–Crippen LogP) is 4.04. The molecule has 5 nitrogen and oxygen atoms in total. The lowest BCUT2D eigenvalue weighted by atomic mass is 10.1. The minimum atomic E-state index is -0.153. The number of fused-ring (bicyclic) bond motifs is 1. The number of hydrogen-bond acceptors (Lipinski definition) is 3. The average molecular weight is 438 g/mol. The molecule has 0 unspecified atom stereocenters. The molecule has 1 amide bonds. The topological polar surface area (TPSA) is 55.2 Å². The standard InChI is InChI=1S/C22H20BrN3O2/c23-18-9-7-16(8-10-18)19-11-12-22(28)26(24-19)14-3-6-21(27)25-15-13-17-4-1-2-5-20(17)25/h1-2,4-5,7-12H,3,6,13-15H2. The van der Waals surface area contributed by atoms with Gasteiger partial charge in [-0.15, -0.1) is 0 Å². The fraction of sp³-hybridized carbons (Fsp3) is 0.227. The van der Waals surface area contributed by atoms with E-state index in [1.165, 1.54) is 16.3 Å². The van der Waals surface area contributed by atoms with E-state index in [1.54, 1.807) is 6.07 Å². The molecule has 1 aliphatic heterocycles. The van der Waals surface area contributed by atoms with Crippen molar-refractivity contribution in [2.24, 2.45) is 0 Å². The summed E-state index contributed by atoms with van der Waals surface area (Å²) < 4.78 is 2.44. The van der Waals surface area contributed by atoms with Crippen LogP contribution < -0.4 is 10.5 Å². The van der Waals surface area contributed by atoms with Gasteiger partial charge in [0.05, 0.1) is 5.69 Å². The summed E-state index contributed by atoms with van der Waals surface area (Å²) in [7, 11) is 0. The Hall–Kier alpha value is -2.73. The van der Waals surface area contributed by atoms with Crippen LogP contribution in [0.25, 0.3) is 11.3 Å². The van der Waals surface area contributed by atoms with Gasteiger partial charge in [0.25, 0.3) is 5.56 Å². The minimum Gasteiger partial charge on any atom is -0.312 e. The number of anilines is 1. The smallest absolute Gasteiger partial charge is 0.266 e. The van der Waals surface area contributed by atoms with Crippen molar-refractivity contribution < 1.29 is 4.79 Å². The van der Waals surface area contributed by atoms with Crippen molar-refractivity contribution in [3.8, 4) is 11.3 Å². The second kappa shape index (κ2) is 8.10. The Labute approximate surface area is 171 Å². The normalized spacial score (nSPS) is 12.8. The van der Waals surface area contributed by atoms with Crippen LogP contribution in [0, 0.1) is 0 Å². The molecule has 0 bridgehead atoms. The number of aromatic nitrogens is 2. The molecule has 0 saturated heterocycles. The van der Waals surface area contributed by atoms with Crippen LogP contribution in [0.4, 0.5) is 5.69 Å². The van der Waals surface area contributed by atoms with E-state index >= 15 is 0 Å². The van der Waals surface area contributed by atoms with Gasteiger partial charge in [-0.1, -0.05) is 46.3 Å². The summed E-state index contributed by atoms with van der Waals surface area (Å²) >= 11 is 3.42. The van der Waals surface area contributed by atoms with Crippen molar-refractivity contribution in [1.82, 2.24) is 9.78 Å². The van der Waals surface area contributed by atoms with Crippen LogP contribution in [0.15, 0.2) is 69.9 Å². The number of hydrogen-bond donors (Lipinski definition) is 0. The van der Waals surface area contributed by atoms with E-state index in [4.69, 9.17) is 0 Å². The Morgan fingerprint density at radius 3 is 2.64 bits per heavy atom. The third-order valence-electron chi connectivity index (χ3n) is 4.96. The maximum absolute atomic E-state index is 12.6. The highest BCUT2D eigenvalue weighted by atomic mass is 79.9. The highest BCUT2D eigenvalue weighted by Gasteiger charge is 2.23. The number of benzene rings is 2. The first-order valence-corrected chi connectivity index (χ1v) is 10.1. The molecule has 4 rings (SSSR count). The Balaban J connectivity index is 1.41. The number of halogens is 1. The van der Waals surface area contributed by atoms with Gasteiger partial charge in [-0.3, -0.25) is 9.59 Å². The monoisotopic (exact) mass is 437 g/mol. The minimum absolute atomic E-state index is 0.0991. The number of carbonyl (C=O) groups excluding carboxylic acids is 1. The quantitative estimate of drug-likeness (QED) is 0.604. The van der Waals surface area contributed by atoms with E-state index in [9.17, 15) is 9.59 Å². The number of para-hydroxylation sites is 1. The van der Waals surface area contributed by atoms with Crippen LogP contribution in [0.1, 0.15) is 18.4 Å². The van der Waals surface area contributed by atoms with Gasteiger partial charge in [0.15, 0.2) is 0 Å². The molecular weight excluding hydrogens is 418 g/mol. The van der Waals surface area contributed by atoms with Crippen LogP contribution in [-0.2, 0) is 17.8 Å². The van der Waals surface area contributed by atoms with Crippen LogP contribution in [0.3, 0.4) is 0 Å². The molecule has 0 saturated carbocycles. The molecule has 2 aromatic carbocycles. The first-order valence-electron chi connectivity index (χ1n) is 9.34. The second-order valence-corrected chi connectivity index (χ2v) is 7.73. The summed E-state index contributed by atoms with van der Waals surface area (Å²) in [5.74, 6) is 0.0991. The Kier molecular flexibility index (Phi) is 5.39. The van der Waals surface area contributed by atoms with E-state index in [-0.39, 0.29) is 11.5 Å². The molecule has 0 atom stereocenters. The van der Waals surface area contributed by atoms with Crippen LogP contribution in [-0.4, -0.2) is 22.2 Å². The summed E-state index contributed by atoms with van der Waals surface area (Å²) in [5, 5.41) is 4.47. The fourth-order valence-corrected chi connectivity index (χ4v) is 3.76. The lowest BCUT2D eigenvalue weighted by Gasteiger charge is -2.17. The highest BCUT2D eigenvalue weighted by Crippen LogP contribution is 2.28. The fourth-order valence-electron chi connectivity index (χ4n) is 3.50. The highest BCUT2D eigenvalue weighted by molar-refractivity contribution is 9.10. The lowest BCUT2D eigenvalue weighted by molar-refractivity contribution is -0.118. The maximum atomic E-state index is 12.6. The zero-order chi connectivity index (χ0) is 19.5. The molecule has 0 aliphatic carbocycles. The van der Waals surface area contributed by atoms with E-state index in [0.717, 1.165) is 34.4 Å². The molecule has 1 aliphatic rings. The molecule has 2 heterocycles. The van der Waals surface area contributed by atoms with Crippen LogP contribution in [0.5, 0.6) is 0 Å². The first-order chi connectivity index (χ1) is 13.6. The molecule has 142 valence electrons. The third kappa shape index (κ3) is 3.92. The van der Waals surface area contributed by atoms with Crippen molar-refractivity contribution >= 4 is 27.5 Å². The van der Waals surface area contributed by atoms with Crippen LogP contribution >= 0.6 is 15.9 Å². The van der Waals surface area contributed by atoms with Gasteiger partial charge in [-0.05, 0) is 42.7 Å². The summed E-state index contributed by atoms with van der Waals surface area (Å²) in [6, 6.07) is 19.1. The molecule has 0 fully saturated rings. The number of aryl methyl sites for hydroxylation is 1. The average Bonchev–Trinajstić information content (AvgIpc) is 3.14. The van der Waals surface area contributed by atoms with Gasteiger partial charge < -0.3 is 4.90 Å². The number of amides is 1. The van der Waals surface area contributed by atoms with Gasteiger partial charge in [0.2, 0.25) is 5.91 Å². The molecule has 1 aromatic heterocycles. The Bertz CT molecular complexity index is 1060. The summed E-state index contributed by atoms with van der Waals surface area (Å²) in [5.41, 5.74) is 3.77.